The largest absolute Gasteiger partial charge is 0.462 e. The van der Waals surface area contributed by atoms with Crippen molar-refractivity contribution in [3.05, 3.63) is 75.7 Å². The van der Waals surface area contributed by atoms with Crippen LogP contribution in [-0.2, 0) is 10.7 Å². The predicted octanol–water partition coefficient (Wildman–Crippen LogP) is 5.72. The lowest BCUT2D eigenvalue weighted by atomic mass is 10.2. The minimum absolute atomic E-state index is 0.156. The van der Waals surface area contributed by atoms with Crippen LogP contribution in [0.25, 0.3) is 11.1 Å². The number of fused-ring (bicyclic) bond motifs is 1. The second kappa shape index (κ2) is 8.60. The number of unbranched alkanes of at least 4 members (excludes halogenated alkanes) is 1. The maximum absolute atomic E-state index is 14.2. The Morgan fingerprint density at radius 2 is 1.93 bits per heavy atom. The summed E-state index contributed by atoms with van der Waals surface area (Å²) in [7, 11) is 0. The molecule has 0 amide bonds. The standard InChI is InChI=1S/C20H16F2INO3/c21-20(22,19-24-16-6-2-3-7-17(16)27-19)12-4-1-5-13-26-18(25)14-8-10-15(23)11-9-14/h2-4,6-12H,1,5,13H2/b12-4+. The van der Waals surface area contributed by atoms with Crippen LogP contribution >= 0.6 is 22.6 Å². The molecule has 140 valence electrons. The number of nitrogens with zero attached hydrogens (tertiary/aromatic N) is 1. The number of hydrogen-bond acceptors (Lipinski definition) is 4. The molecule has 0 radical (unpaired) electrons. The van der Waals surface area contributed by atoms with Crippen molar-refractivity contribution in [2.45, 2.75) is 18.8 Å². The van der Waals surface area contributed by atoms with E-state index in [4.69, 9.17) is 9.15 Å². The van der Waals surface area contributed by atoms with E-state index in [1.165, 1.54) is 6.08 Å². The van der Waals surface area contributed by atoms with E-state index in [1.807, 2.05) is 12.1 Å². The number of benzene rings is 2. The molecule has 3 aromatic rings. The molecule has 0 fully saturated rings. The van der Waals surface area contributed by atoms with Crippen LogP contribution < -0.4 is 0 Å². The number of carbonyl (C=O) groups is 1. The van der Waals surface area contributed by atoms with Crippen molar-refractivity contribution in [1.82, 2.24) is 4.98 Å². The average Bonchev–Trinajstić information content (AvgIpc) is 3.10. The minimum atomic E-state index is -3.29. The van der Waals surface area contributed by atoms with E-state index < -0.39 is 17.8 Å². The van der Waals surface area contributed by atoms with E-state index in [0.717, 1.165) is 9.65 Å². The van der Waals surface area contributed by atoms with E-state index in [0.29, 0.717) is 29.5 Å². The Balaban J connectivity index is 1.47. The molecule has 0 atom stereocenters. The quantitative estimate of drug-likeness (QED) is 0.187. The summed E-state index contributed by atoms with van der Waals surface area (Å²) in [6, 6.07) is 13.6. The van der Waals surface area contributed by atoms with Crippen LogP contribution in [-0.4, -0.2) is 17.6 Å². The number of ether oxygens (including phenoxy) is 1. The Hall–Kier alpha value is -2.29. The first kappa shape index (κ1) is 19.5. The Morgan fingerprint density at radius 1 is 1.19 bits per heavy atom. The summed E-state index contributed by atoms with van der Waals surface area (Å²) in [6.07, 6.45) is 2.89. The Morgan fingerprint density at radius 3 is 2.67 bits per heavy atom. The highest BCUT2D eigenvalue weighted by Gasteiger charge is 2.34. The molecule has 0 aliphatic carbocycles. The highest BCUT2D eigenvalue weighted by Crippen LogP contribution is 2.31. The van der Waals surface area contributed by atoms with Gasteiger partial charge in [0.05, 0.1) is 12.2 Å². The van der Waals surface area contributed by atoms with Gasteiger partial charge in [-0.2, -0.15) is 8.78 Å². The number of aromatic nitrogens is 1. The molecule has 0 bridgehead atoms. The van der Waals surface area contributed by atoms with Crippen LogP contribution in [0.1, 0.15) is 29.1 Å². The van der Waals surface area contributed by atoms with Crippen LogP contribution in [0.4, 0.5) is 8.78 Å². The van der Waals surface area contributed by atoms with E-state index in [2.05, 4.69) is 27.6 Å². The van der Waals surface area contributed by atoms with Gasteiger partial charge in [-0.05, 0) is 77.9 Å². The van der Waals surface area contributed by atoms with Crippen LogP contribution in [0.15, 0.2) is 65.1 Å². The van der Waals surface area contributed by atoms with Gasteiger partial charge in [0.25, 0.3) is 5.89 Å². The second-order valence-corrected chi connectivity index (χ2v) is 7.04. The van der Waals surface area contributed by atoms with Gasteiger partial charge >= 0.3 is 11.9 Å². The zero-order valence-electron chi connectivity index (χ0n) is 14.2. The Bertz CT molecular complexity index is 918. The zero-order valence-corrected chi connectivity index (χ0v) is 16.4. The van der Waals surface area contributed by atoms with E-state index in [9.17, 15) is 13.6 Å². The number of esters is 1. The summed E-state index contributed by atoms with van der Waals surface area (Å²) in [5.74, 6) is -4.35. The minimum Gasteiger partial charge on any atom is -0.462 e. The van der Waals surface area contributed by atoms with Gasteiger partial charge < -0.3 is 9.15 Å². The first-order chi connectivity index (χ1) is 13.0. The molecule has 1 heterocycles. The molecule has 0 saturated heterocycles. The molecule has 7 heteroatoms. The van der Waals surface area contributed by atoms with Crippen molar-refractivity contribution in [2.24, 2.45) is 0 Å². The van der Waals surface area contributed by atoms with Crippen molar-refractivity contribution >= 4 is 39.7 Å². The zero-order chi connectivity index (χ0) is 19.3. The van der Waals surface area contributed by atoms with Crippen LogP contribution in [0, 0.1) is 3.57 Å². The first-order valence-electron chi connectivity index (χ1n) is 8.30. The third-order valence-corrected chi connectivity index (χ3v) is 4.45. The summed E-state index contributed by atoms with van der Waals surface area (Å²) in [6.45, 7) is 0.156. The van der Waals surface area contributed by atoms with Gasteiger partial charge in [0.2, 0.25) is 0 Å². The first-order valence-corrected chi connectivity index (χ1v) is 9.38. The molecule has 27 heavy (non-hydrogen) atoms. The third kappa shape index (κ3) is 5.12. The maximum atomic E-state index is 14.2. The van der Waals surface area contributed by atoms with Gasteiger partial charge in [0.15, 0.2) is 5.58 Å². The summed E-state index contributed by atoms with van der Waals surface area (Å²) in [5, 5.41) is 0. The highest BCUT2D eigenvalue weighted by molar-refractivity contribution is 14.1. The molecular formula is C20H16F2INO3. The monoisotopic (exact) mass is 483 g/mol. The van der Waals surface area contributed by atoms with Crippen LogP contribution in [0.3, 0.4) is 0 Å². The van der Waals surface area contributed by atoms with E-state index in [-0.39, 0.29) is 6.61 Å². The average molecular weight is 483 g/mol. The van der Waals surface area contributed by atoms with Gasteiger partial charge in [-0.25, -0.2) is 9.78 Å². The smallest absolute Gasteiger partial charge is 0.340 e. The van der Waals surface area contributed by atoms with Crippen molar-refractivity contribution in [3.8, 4) is 0 Å². The molecule has 0 spiro atoms. The maximum Gasteiger partial charge on any atom is 0.340 e. The summed E-state index contributed by atoms with van der Waals surface area (Å²) < 4.78 is 39.6. The van der Waals surface area contributed by atoms with Crippen LogP contribution in [0.5, 0.6) is 0 Å². The number of allylic oxidation sites excluding steroid dienone is 2. The topological polar surface area (TPSA) is 52.3 Å². The number of alkyl halides is 2. The summed E-state index contributed by atoms with van der Waals surface area (Å²) in [4.78, 5) is 15.7. The van der Waals surface area contributed by atoms with E-state index >= 15 is 0 Å². The molecule has 0 aliphatic rings. The molecule has 4 nitrogen and oxygen atoms in total. The molecule has 0 saturated carbocycles. The molecule has 0 aliphatic heterocycles. The fraction of sp³-hybridized carbons (Fsp3) is 0.200. The molecule has 0 N–H and O–H groups in total. The van der Waals surface area contributed by atoms with Gasteiger partial charge in [0.1, 0.15) is 5.52 Å². The van der Waals surface area contributed by atoms with Crippen LogP contribution in [0.2, 0.25) is 0 Å². The number of halogens is 3. The molecule has 3 rings (SSSR count). The van der Waals surface area contributed by atoms with E-state index in [1.54, 1.807) is 36.4 Å². The lowest BCUT2D eigenvalue weighted by Gasteiger charge is -2.06. The van der Waals surface area contributed by atoms with Gasteiger partial charge in [-0.3, -0.25) is 0 Å². The Labute approximate surface area is 168 Å². The normalized spacial score (nSPS) is 12.0. The van der Waals surface area contributed by atoms with Crippen molar-refractivity contribution in [1.29, 1.82) is 0 Å². The van der Waals surface area contributed by atoms with Gasteiger partial charge in [0, 0.05) is 3.57 Å². The predicted molar refractivity (Wildman–Crippen MR) is 106 cm³/mol. The number of hydrogen-bond donors (Lipinski definition) is 0. The lowest BCUT2D eigenvalue weighted by Crippen LogP contribution is -2.10. The number of para-hydroxylation sites is 2. The lowest BCUT2D eigenvalue weighted by molar-refractivity contribution is 0.0230. The van der Waals surface area contributed by atoms with Crippen molar-refractivity contribution < 1.29 is 22.7 Å². The summed E-state index contributed by atoms with van der Waals surface area (Å²) >= 11 is 2.15. The third-order valence-electron chi connectivity index (χ3n) is 3.73. The number of oxazole rings is 1. The molecule has 1 aromatic heterocycles. The summed E-state index contributed by atoms with van der Waals surface area (Å²) in [5.41, 5.74) is 1.18. The second-order valence-electron chi connectivity index (χ2n) is 5.80. The molecule has 2 aromatic carbocycles. The van der Waals surface area contributed by atoms with Gasteiger partial charge in [-0.1, -0.05) is 18.2 Å². The number of carbonyl (C=O) groups excluding carboxylic acids is 1. The van der Waals surface area contributed by atoms with Crippen molar-refractivity contribution in [2.75, 3.05) is 6.61 Å². The fourth-order valence-electron chi connectivity index (χ4n) is 2.35. The van der Waals surface area contributed by atoms with Crippen molar-refractivity contribution in [3.63, 3.8) is 0 Å². The fourth-order valence-corrected chi connectivity index (χ4v) is 2.71. The van der Waals surface area contributed by atoms with Gasteiger partial charge in [-0.15, -0.1) is 0 Å². The molecule has 0 unspecified atom stereocenters. The SMILES string of the molecule is O=C(OCCC/C=C/C(F)(F)c1nc2ccccc2o1)c1ccc(I)cc1. The molecular weight excluding hydrogens is 467 g/mol. The Kier molecular flexibility index (Phi) is 6.20. The highest BCUT2D eigenvalue weighted by atomic mass is 127. The number of rotatable bonds is 7.